The van der Waals surface area contributed by atoms with Crippen LogP contribution in [0.15, 0.2) is 0 Å². The van der Waals surface area contributed by atoms with E-state index in [1.807, 2.05) is 0 Å². The average molecular weight is 283 g/mol. The van der Waals surface area contributed by atoms with Gasteiger partial charge in [0.2, 0.25) is 0 Å². The molecule has 0 aromatic rings. The third kappa shape index (κ3) is 10.7. The Morgan fingerprint density at radius 2 is 0.750 bits per heavy atom. The quantitative estimate of drug-likeness (QED) is 0.269. The molecule has 0 amide bonds. The van der Waals surface area contributed by atoms with Crippen LogP contribution < -0.4 is 0 Å². The first-order chi connectivity index (χ1) is 9.79. The second kappa shape index (κ2) is 15.4. The monoisotopic (exact) mass is 282 g/mol. The first-order valence-electron chi connectivity index (χ1n) is 9.79. The summed E-state index contributed by atoms with van der Waals surface area (Å²) in [7, 11) is 0. The molecular formula is C20H42. The zero-order valence-corrected chi connectivity index (χ0v) is 15.1. The lowest BCUT2D eigenvalue weighted by Gasteiger charge is -2.27. The summed E-state index contributed by atoms with van der Waals surface area (Å²) in [5.41, 5.74) is 0. The van der Waals surface area contributed by atoms with Crippen molar-refractivity contribution in [3.8, 4) is 0 Å². The van der Waals surface area contributed by atoms with Gasteiger partial charge in [-0.05, 0) is 11.8 Å². The van der Waals surface area contributed by atoms with Crippen LogP contribution in [0.25, 0.3) is 0 Å². The average Bonchev–Trinajstić information content (AvgIpc) is 2.45. The highest BCUT2D eigenvalue weighted by Gasteiger charge is 2.19. The Morgan fingerprint density at radius 3 is 1.05 bits per heavy atom. The van der Waals surface area contributed by atoms with Crippen LogP contribution in [0.1, 0.15) is 118 Å². The molecule has 0 rings (SSSR count). The van der Waals surface area contributed by atoms with Crippen molar-refractivity contribution in [1.29, 1.82) is 0 Å². The number of rotatable bonds is 15. The van der Waals surface area contributed by atoms with E-state index in [0.29, 0.717) is 0 Å². The number of hydrogen-bond donors (Lipinski definition) is 0. The minimum atomic E-state index is 1.03. The SMILES string of the molecule is CCCCCC(CCC)C(CCCCC)CCCCC. The van der Waals surface area contributed by atoms with E-state index < -0.39 is 0 Å². The van der Waals surface area contributed by atoms with E-state index >= 15 is 0 Å². The van der Waals surface area contributed by atoms with Crippen molar-refractivity contribution in [1.82, 2.24) is 0 Å². The fourth-order valence-corrected chi connectivity index (χ4v) is 3.57. The summed E-state index contributed by atoms with van der Waals surface area (Å²) in [5.74, 6) is 2.06. The molecule has 0 heterocycles. The Labute approximate surface area is 130 Å². The molecule has 0 N–H and O–H groups in total. The third-order valence-corrected chi connectivity index (χ3v) is 4.86. The van der Waals surface area contributed by atoms with E-state index in [1.54, 1.807) is 0 Å². The smallest absolute Gasteiger partial charge is 0.0386 e. The molecule has 0 radical (unpaired) electrons. The number of hydrogen-bond acceptors (Lipinski definition) is 0. The molecule has 0 bridgehead atoms. The van der Waals surface area contributed by atoms with Gasteiger partial charge in [-0.1, -0.05) is 118 Å². The lowest BCUT2D eigenvalue weighted by atomic mass is 9.78. The van der Waals surface area contributed by atoms with Gasteiger partial charge in [0.15, 0.2) is 0 Å². The fourth-order valence-electron chi connectivity index (χ4n) is 3.57. The predicted octanol–water partition coefficient (Wildman–Crippen LogP) is 7.76. The summed E-state index contributed by atoms with van der Waals surface area (Å²) >= 11 is 0. The van der Waals surface area contributed by atoms with E-state index in [2.05, 4.69) is 27.7 Å². The molecule has 1 atom stereocenters. The fraction of sp³-hybridized carbons (Fsp3) is 1.00. The van der Waals surface area contributed by atoms with Crippen LogP contribution in [0.2, 0.25) is 0 Å². The van der Waals surface area contributed by atoms with E-state index in [9.17, 15) is 0 Å². The standard InChI is InChI=1S/C20H42/c1-5-9-12-16-19(15-8-4)20(17-13-10-6-2)18-14-11-7-3/h19-20H,5-18H2,1-4H3. The van der Waals surface area contributed by atoms with E-state index in [-0.39, 0.29) is 0 Å². The number of unbranched alkanes of at least 4 members (excludes halogenated alkanes) is 6. The lowest BCUT2D eigenvalue weighted by molar-refractivity contribution is 0.242. The molecule has 0 aromatic carbocycles. The summed E-state index contributed by atoms with van der Waals surface area (Å²) in [4.78, 5) is 0. The highest BCUT2D eigenvalue weighted by Crippen LogP contribution is 2.32. The molecule has 0 heteroatoms. The topological polar surface area (TPSA) is 0 Å². The molecule has 0 aliphatic heterocycles. The normalized spacial score (nSPS) is 13.1. The summed E-state index contributed by atoms with van der Waals surface area (Å²) in [6, 6.07) is 0. The zero-order valence-electron chi connectivity index (χ0n) is 15.1. The van der Waals surface area contributed by atoms with Gasteiger partial charge in [0.1, 0.15) is 0 Å². The molecule has 0 nitrogen and oxygen atoms in total. The van der Waals surface area contributed by atoms with Crippen molar-refractivity contribution >= 4 is 0 Å². The van der Waals surface area contributed by atoms with Crippen LogP contribution in [0.3, 0.4) is 0 Å². The van der Waals surface area contributed by atoms with Gasteiger partial charge in [0, 0.05) is 0 Å². The molecule has 0 saturated heterocycles. The molecule has 0 aromatic heterocycles. The molecule has 0 fully saturated rings. The zero-order chi connectivity index (χ0) is 15.1. The molecule has 20 heavy (non-hydrogen) atoms. The van der Waals surface area contributed by atoms with E-state index in [0.717, 1.165) is 11.8 Å². The molecular weight excluding hydrogens is 240 g/mol. The van der Waals surface area contributed by atoms with Crippen LogP contribution in [-0.2, 0) is 0 Å². The molecule has 122 valence electrons. The van der Waals surface area contributed by atoms with E-state index in [4.69, 9.17) is 0 Å². The van der Waals surface area contributed by atoms with Crippen molar-refractivity contribution in [2.45, 2.75) is 118 Å². The largest absolute Gasteiger partial charge is 0.0654 e. The molecule has 0 aliphatic carbocycles. The Hall–Kier alpha value is 0. The first kappa shape index (κ1) is 20.0. The van der Waals surface area contributed by atoms with Gasteiger partial charge in [0.05, 0.1) is 0 Å². The summed E-state index contributed by atoms with van der Waals surface area (Å²) in [6.45, 7) is 9.37. The minimum Gasteiger partial charge on any atom is -0.0654 e. The van der Waals surface area contributed by atoms with E-state index in [1.165, 1.54) is 89.9 Å². The lowest BCUT2D eigenvalue weighted by Crippen LogP contribution is -2.15. The molecule has 1 unspecified atom stereocenters. The van der Waals surface area contributed by atoms with Gasteiger partial charge in [0.25, 0.3) is 0 Å². The van der Waals surface area contributed by atoms with Gasteiger partial charge >= 0.3 is 0 Å². The Kier molecular flexibility index (Phi) is 15.4. The van der Waals surface area contributed by atoms with Crippen LogP contribution in [0, 0.1) is 11.8 Å². The molecule has 0 aliphatic rings. The predicted molar refractivity (Wildman–Crippen MR) is 94.3 cm³/mol. The van der Waals surface area contributed by atoms with Crippen molar-refractivity contribution in [2.75, 3.05) is 0 Å². The maximum Gasteiger partial charge on any atom is -0.0386 e. The minimum absolute atomic E-state index is 1.03. The van der Waals surface area contributed by atoms with Gasteiger partial charge in [-0.15, -0.1) is 0 Å². The summed E-state index contributed by atoms with van der Waals surface area (Å²) < 4.78 is 0. The van der Waals surface area contributed by atoms with Crippen molar-refractivity contribution in [3.05, 3.63) is 0 Å². The van der Waals surface area contributed by atoms with Gasteiger partial charge in [-0.2, -0.15) is 0 Å². The maximum atomic E-state index is 2.38. The maximum absolute atomic E-state index is 2.38. The van der Waals surface area contributed by atoms with Crippen LogP contribution in [-0.4, -0.2) is 0 Å². The first-order valence-corrected chi connectivity index (χ1v) is 9.79. The Bertz CT molecular complexity index is 163. The molecule has 0 spiro atoms. The molecule has 0 saturated carbocycles. The van der Waals surface area contributed by atoms with Gasteiger partial charge in [-0.3, -0.25) is 0 Å². The summed E-state index contributed by atoms with van der Waals surface area (Å²) in [6.07, 6.45) is 20.2. The van der Waals surface area contributed by atoms with Crippen molar-refractivity contribution in [2.24, 2.45) is 11.8 Å². The summed E-state index contributed by atoms with van der Waals surface area (Å²) in [5, 5.41) is 0. The van der Waals surface area contributed by atoms with Crippen LogP contribution in [0.4, 0.5) is 0 Å². The second-order valence-electron chi connectivity index (χ2n) is 6.80. The van der Waals surface area contributed by atoms with Crippen molar-refractivity contribution < 1.29 is 0 Å². The van der Waals surface area contributed by atoms with Crippen molar-refractivity contribution in [3.63, 3.8) is 0 Å². The van der Waals surface area contributed by atoms with Gasteiger partial charge in [-0.25, -0.2) is 0 Å². The Balaban J connectivity index is 4.27. The van der Waals surface area contributed by atoms with Crippen LogP contribution >= 0.6 is 0 Å². The second-order valence-corrected chi connectivity index (χ2v) is 6.80. The Morgan fingerprint density at radius 1 is 0.400 bits per heavy atom. The van der Waals surface area contributed by atoms with Crippen LogP contribution in [0.5, 0.6) is 0 Å². The third-order valence-electron chi connectivity index (χ3n) is 4.86. The highest BCUT2D eigenvalue weighted by atomic mass is 14.2. The van der Waals surface area contributed by atoms with Gasteiger partial charge < -0.3 is 0 Å². The highest BCUT2D eigenvalue weighted by molar-refractivity contribution is 4.71.